The molecule has 1 N–H and O–H groups in total. The van der Waals surface area contributed by atoms with Crippen molar-refractivity contribution in [3.8, 4) is 0 Å². The van der Waals surface area contributed by atoms with E-state index in [-0.39, 0.29) is 23.8 Å². The molecule has 19 heavy (non-hydrogen) atoms. The van der Waals surface area contributed by atoms with Crippen molar-refractivity contribution in [2.75, 3.05) is 13.7 Å². The molecule has 5 atom stereocenters. The van der Waals surface area contributed by atoms with Crippen LogP contribution in [-0.4, -0.2) is 25.5 Å². The van der Waals surface area contributed by atoms with Crippen LogP contribution in [0.1, 0.15) is 39.0 Å². The molecule has 0 heterocycles. The van der Waals surface area contributed by atoms with Crippen molar-refractivity contribution in [3.63, 3.8) is 0 Å². The van der Waals surface area contributed by atoms with Gasteiger partial charge in [0.25, 0.3) is 0 Å². The minimum Gasteiger partial charge on any atom is -0.468 e. The van der Waals surface area contributed by atoms with E-state index in [4.69, 9.17) is 0 Å². The summed E-state index contributed by atoms with van der Waals surface area (Å²) < 4.78 is 4.59. The van der Waals surface area contributed by atoms with E-state index in [0.717, 1.165) is 37.0 Å². The van der Waals surface area contributed by atoms with E-state index < -0.39 is 0 Å². The molecule has 4 nitrogen and oxygen atoms in total. The standard InChI is InChI=1S/C15H23NO3/c1-9-3-10-4-11-6-15(5-9,7-12(10)11)14(18)16-8-13(17)19-2/h9-12H,3-8H2,1-2H3,(H,16,18). The molecule has 3 aliphatic carbocycles. The van der Waals surface area contributed by atoms with Crippen molar-refractivity contribution in [2.45, 2.75) is 39.0 Å². The van der Waals surface area contributed by atoms with Crippen LogP contribution in [0.25, 0.3) is 0 Å². The van der Waals surface area contributed by atoms with Crippen molar-refractivity contribution in [1.82, 2.24) is 5.32 Å². The smallest absolute Gasteiger partial charge is 0.325 e. The highest BCUT2D eigenvalue weighted by Gasteiger charge is 2.59. The molecular formula is C15H23NO3. The maximum Gasteiger partial charge on any atom is 0.325 e. The van der Waals surface area contributed by atoms with Crippen molar-refractivity contribution >= 4 is 11.9 Å². The summed E-state index contributed by atoms with van der Waals surface area (Å²) >= 11 is 0. The van der Waals surface area contributed by atoms with Gasteiger partial charge in [-0.05, 0) is 55.8 Å². The van der Waals surface area contributed by atoms with E-state index in [2.05, 4.69) is 17.0 Å². The number of ether oxygens (including phenoxy) is 1. The molecule has 0 aliphatic heterocycles. The fourth-order valence-electron chi connectivity index (χ4n) is 4.93. The molecular weight excluding hydrogens is 242 g/mol. The molecule has 4 heteroatoms. The zero-order valence-electron chi connectivity index (χ0n) is 11.8. The third-order valence-corrected chi connectivity index (χ3v) is 5.64. The van der Waals surface area contributed by atoms with Gasteiger partial charge in [-0.3, -0.25) is 9.59 Å². The highest BCUT2D eigenvalue weighted by atomic mass is 16.5. The number of nitrogens with one attached hydrogen (secondary N) is 1. The number of hydrogen-bond donors (Lipinski definition) is 1. The first-order valence-electron chi connectivity index (χ1n) is 7.39. The second-order valence-corrected chi connectivity index (χ2v) is 6.91. The number of carbonyl (C=O) groups is 2. The Kier molecular flexibility index (Phi) is 3.06. The average molecular weight is 265 g/mol. The molecule has 0 aromatic rings. The molecule has 2 bridgehead atoms. The SMILES string of the molecule is COC(=O)CNC(=O)C12CC(C)CC3CC(C1)C3C2. The Balaban J connectivity index is 1.70. The van der Waals surface area contributed by atoms with Gasteiger partial charge < -0.3 is 10.1 Å². The molecule has 0 aromatic carbocycles. The zero-order valence-corrected chi connectivity index (χ0v) is 11.8. The van der Waals surface area contributed by atoms with Crippen LogP contribution in [0.4, 0.5) is 0 Å². The fraction of sp³-hybridized carbons (Fsp3) is 0.867. The number of rotatable bonds is 3. The van der Waals surface area contributed by atoms with Crippen LogP contribution in [0, 0.1) is 29.1 Å². The molecule has 0 aromatic heterocycles. The van der Waals surface area contributed by atoms with Crippen LogP contribution in [0.2, 0.25) is 0 Å². The summed E-state index contributed by atoms with van der Waals surface area (Å²) in [6, 6.07) is 0. The lowest BCUT2D eigenvalue weighted by molar-refractivity contribution is -0.143. The number of methoxy groups -OCH3 is 1. The van der Waals surface area contributed by atoms with Crippen molar-refractivity contribution in [2.24, 2.45) is 29.1 Å². The molecule has 0 radical (unpaired) electrons. The van der Waals surface area contributed by atoms with Gasteiger partial charge in [0.2, 0.25) is 5.91 Å². The minimum absolute atomic E-state index is 0.00419. The van der Waals surface area contributed by atoms with Crippen molar-refractivity contribution < 1.29 is 14.3 Å². The Morgan fingerprint density at radius 3 is 2.74 bits per heavy atom. The van der Waals surface area contributed by atoms with Crippen LogP contribution in [0.5, 0.6) is 0 Å². The van der Waals surface area contributed by atoms with Crippen molar-refractivity contribution in [1.29, 1.82) is 0 Å². The first-order valence-corrected chi connectivity index (χ1v) is 7.39. The van der Waals surface area contributed by atoms with Gasteiger partial charge in [0.15, 0.2) is 0 Å². The average Bonchev–Trinajstić information content (AvgIpc) is 2.59. The summed E-state index contributed by atoms with van der Waals surface area (Å²) in [5.41, 5.74) is -0.200. The normalized spacial score (nSPS) is 43.1. The molecule has 0 spiro atoms. The summed E-state index contributed by atoms with van der Waals surface area (Å²) in [6.07, 6.45) is 5.67. The lowest BCUT2D eigenvalue weighted by Gasteiger charge is -2.42. The summed E-state index contributed by atoms with van der Waals surface area (Å²) in [6.45, 7) is 2.27. The van der Waals surface area contributed by atoms with Gasteiger partial charge in [0.1, 0.15) is 6.54 Å². The number of fused-ring (bicyclic) bond motifs is 1. The molecule has 3 fully saturated rings. The Hall–Kier alpha value is -1.06. The van der Waals surface area contributed by atoms with Gasteiger partial charge in [-0.25, -0.2) is 0 Å². The largest absolute Gasteiger partial charge is 0.468 e. The van der Waals surface area contributed by atoms with E-state index in [1.165, 1.54) is 20.0 Å². The van der Waals surface area contributed by atoms with E-state index in [9.17, 15) is 9.59 Å². The third kappa shape index (κ3) is 2.05. The van der Waals surface area contributed by atoms with Crippen LogP contribution >= 0.6 is 0 Å². The van der Waals surface area contributed by atoms with Gasteiger partial charge in [-0.1, -0.05) is 6.92 Å². The number of esters is 1. The lowest BCUT2D eigenvalue weighted by atomic mass is 9.63. The molecule has 106 valence electrons. The minimum atomic E-state index is -0.370. The molecule has 0 saturated heterocycles. The van der Waals surface area contributed by atoms with E-state index >= 15 is 0 Å². The number of carbonyl (C=O) groups excluding carboxylic acids is 2. The topological polar surface area (TPSA) is 55.4 Å². The van der Waals surface area contributed by atoms with Crippen molar-refractivity contribution in [3.05, 3.63) is 0 Å². The lowest BCUT2D eigenvalue weighted by Crippen LogP contribution is -2.43. The maximum absolute atomic E-state index is 12.5. The zero-order chi connectivity index (χ0) is 13.6. The van der Waals surface area contributed by atoms with E-state index in [0.29, 0.717) is 5.92 Å². The summed E-state index contributed by atoms with van der Waals surface area (Å²) in [5, 5.41) is 2.80. The molecule has 5 unspecified atom stereocenters. The van der Waals surface area contributed by atoms with Crippen LogP contribution in [-0.2, 0) is 14.3 Å². The van der Waals surface area contributed by atoms with Crippen LogP contribution in [0.3, 0.4) is 0 Å². The molecule has 3 saturated carbocycles. The molecule has 3 aliphatic rings. The second kappa shape index (κ2) is 4.50. The van der Waals surface area contributed by atoms with E-state index in [1.807, 2.05) is 0 Å². The Morgan fingerprint density at radius 1 is 1.21 bits per heavy atom. The summed E-state index contributed by atoms with van der Waals surface area (Å²) in [7, 11) is 1.35. The number of hydrogen-bond acceptors (Lipinski definition) is 3. The quantitative estimate of drug-likeness (QED) is 0.791. The second-order valence-electron chi connectivity index (χ2n) is 6.91. The predicted molar refractivity (Wildman–Crippen MR) is 70.2 cm³/mol. The fourth-order valence-corrected chi connectivity index (χ4v) is 4.93. The molecule has 1 amide bonds. The highest BCUT2D eigenvalue weighted by molar-refractivity contribution is 5.86. The first kappa shape index (κ1) is 12.9. The van der Waals surface area contributed by atoms with Crippen LogP contribution in [0.15, 0.2) is 0 Å². The van der Waals surface area contributed by atoms with Gasteiger partial charge >= 0.3 is 5.97 Å². The van der Waals surface area contributed by atoms with Gasteiger partial charge in [-0.15, -0.1) is 0 Å². The number of amides is 1. The predicted octanol–water partition coefficient (Wildman–Crippen LogP) is 1.74. The van der Waals surface area contributed by atoms with E-state index in [1.54, 1.807) is 0 Å². The first-order chi connectivity index (χ1) is 9.04. The third-order valence-electron chi connectivity index (χ3n) is 5.64. The Bertz CT molecular complexity index is 404. The van der Waals surface area contributed by atoms with Crippen LogP contribution < -0.4 is 5.32 Å². The summed E-state index contributed by atoms with van der Waals surface area (Å²) in [4.78, 5) is 23.7. The van der Waals surface area contributed by atoms with Gasteiger partial charge in [0, 0.05) is 5.41 Å². The summed E-state index contributed by atoms with van der Waals surface area (Å²) in [5.74, 6) is 2.73. The Labute approximate surface area is 114 Å². The maximum atomic E-state index is 12.5. The monoisotopic (exact) mass is 265 g/mol. The van der Waals surface area contributed by atoms with Gasteiger partial charge in [0.05, 0.1) is 7.11 Å². The molecule has 3 rings (SSSR count). The van der Waals surface area contributed by atoms with Gasteiger partial charge in [-0.2, -0.15) is 0 Å². The Morgan fingerprint density at radius 2 is 2.00 bits per heavy atom. The highest BCUT2D eigenvalue weighted by Crippen LogP contribution is 2.64.